The fraction of sp³-hybridized carbons (Fsp3) is 0.600. The summed E-state index contributed by atoms with van der Waals surface area (Å²) in [4.78, 5) is 20.3. The van der Waals surface area contributed by atoms with E-state index in [0.717, 1.165) is 31.0 Å². The first-order valence-electron chi connectivity index (χ1n) is 4.26. The Labute approximate surface area is 73.7 Å². The third-order valence-electron chi connectivity index (χ3n) is 1.81. The number of hydrogen-bond acceptors (Lipinski definition) is 2. The number of carbonyl (C=O) groups is 2. The summed E-state index contributed by atoms with van der Waals surface area (Å²) in [6.45, 7) is 3.83. The van der Waals surface area contributed by atoms with E-state index in [1.807, 2.05) is 13.0 Å². The fourth-order valence-electron chi connectivity index (χ4n) is 0.926. The van der Waals surface area contributed by atoms with E-state index < -0.39 is 0 Å². The summed E-state index contributed by atoms with van der Waals surface area (Å²) in [5.41, 5.74) is 0.772. The third-order valence-corrected chi connectivity index (χ3v) is 1.81. The molecule has 0 bridgehead atoms. The molecular formula is C10H16O2. The summed E-state index contributed by atoms with van der Waals surface area (Å²) in [5, 5.41) is 0. The molecule has 0 saturated heterocycles. The normalized spacial score (nSPS) is 14.0. The van der Waals surface area contributed by atoms with Crippen LogP contribution in [0.2, 0.25) is 0 Å². The second-order valence-electron chi connectivity index (χ2n) is 3.15. The maximum Gasteiger partial charge on any atom is 0.145 e. The van der Waals surface area contributed by atoms with Crippen LogP contribution in [-0.2, 0) is 9.59 Å². The zero-order valence-electron chi connectivity index (χ0n) is 7.75. The monoisotopic (exact) mass is 168 g/mol. The van der Waals surface area contributed by atoms with Crippen LogP contribution in [0.3, 0.4) is 0 Å². The van der Waals surface area contributed by atoms with Gasteiger partial charge >= 0.3 is 0 Å². The molecule has 0 radical (unpaired) electrons. The van der Waals surface area contributed by atoms with Gasteiger partial charge in [-0.05, 0) is 31.3 Å². The van der Waals surface area contributed by atoms with Gasteiger partial charge in [0, 0.05) is 6.42 Å². The van der Waals surface area contributed by atoms with Crippen LogP contribution in [-0.4, -0.2) is 12.6 Å². The van der Waals surface area contributed by atoms with Gasteiger partial charge in [-0.1, -0.05) is 13.0 Å². The van der Waals surface area contributed by atoms with E-state index in [9.17, 15) is 9.59 Å². The van der Waals surface area contributed by atoms with Crippen molar-refractivity contribution in [2.24, 2.45) is 5.92 Å². The number of carbonyl (C=O) groups excluding carboxylic acids is 2. The van der Waals surface area contributed by atoms with E-state index >= 15 is 0 Å². The van der Waals surface area contributed by atoms with Gasteiger partial charge in [-0.15, -0.1) is 0 Å². The molecule has 0 aromatic carbocycles. The summed E-state index contributed by atoms with van der Waals surface area (Å²) < 4.78 is 0. The molecule has 0 aliphatic carbocycles. The molecule has 12 heavy (non-hydrogen) atoms. The van der Waals surface area contributed by atoms with E-state index in [0.29, 0.717) is 12.3 Å². The summed E-state index contributed by atoms with van der Waals surface area (Å²) in [6, 6.07) is 0. The lowest BCUT2D eigenvalue weighted by Crippen LogP contribution is -1.94. The predicted octanol–water partition coefficient (Wildman–Crippen LogP) is 2.14. The van der Waals surface area contributed by atoms with Crippen molar-refractivity contribution in [2.75, 3.05) is 0 Å². The van der Waals surface area contributed by atoms with Gasteiger partial charge in [0.05, 0.1) is 0 Å². The van der Waals surface area contributed by atoms with Crippen LogP contribution < -0.4 is 0 Å². The molecule has 0 fully saturated rings. The van der Waals surface area contributed by atoms with Crippen molar-refractivity contribution in [1.82, 2.24) is 0 Å². The summed E-state index contributed by atoms with van der Waals surface area (Å²) in [6.07, 6.45) is 6.19. The van der Waals surface area contributed by atoms with Crippen molar-refractivity contribution in [3.8, 4) is 0 Å². The number of aldehydes is 2. The SMILES string of the molecule is C/C(C=O)=C\CCC(C)CC=O. The van der Waals surface area contributed by atoms with Gasteiger partial charge in [0.2, 0.25) is 0 Å². The van der Waals surface area contributed by atoms with Crippen LogP contribution in [0.15, 0.2) is 11.6 Å². The lowest BCUT2D eigenvalue weighted by molar-refractivity contribution is -0.108. The summed E-state index contributed by atoms with van der Waals surface area (Å²) in [5.74, 6) is 0.429. The van der Waals surface area contributed by atoms with Gasteiger partial charge in [0.25, 0.3) is 0 Å². The van der Waals surface area contributed by atoms with E-state index in [-0.39, 0.29) is 0 Å². The Hall–Kier alpha value is -0.920. The Balaban J connectivity index is 3.54. The third kappa shape index (κ3) is 5.83. The Kier molecular flexibility index (Phi) is 6.25. The average molecular weight is 168 g/mol. The van der Waals surface area contributed by atoms with E-state index in [1.54, 1.807) is 6.92 Å². The molecule has 0 aliphatic heterocycles. The smallest absolute Gasteiger partial charge is 0.145 e. The van der Waals surface area contributed by atoms with Crippen LogP contribution in [0.1, 0.15) is 33.1 Å². The first kappa shape index (κ1) is 11.1. The van der Waals surface area contributed by atoms with E-state index in [4.69, 9.17) is 0 Å². The molecular weight excluding hydrogens is 152 g/mol. The van der Waals surface area contributed by atoms with Gasteiger partial charge in [-0.3, -0.25) is 4.79 Å². The van der Waals surface area contributed by atoms with Crippen molar-refractivity contribution in [2.45, 2.75) is 33.1 Å². The van der Waals surface area contributed by atoms with Crippen molar-refractivity contribution in [3.63, 3.8) is 0 Å². The molecule has 0 heterocycles. The second-order valence-corrected chi connectivity index (χ2v) is 3.15. The van der Waals surface area contributed by atoms with Crippen molar-refractivity contribution in [3.05, 3.63) is 11.6 Å². The highest BCUT2D eigenvalue weighted by atomic mass is 16.1. The molecule has 0 aromatic rings. The molecule has 0 N–H and O–H groups in total. The van der Waals surface area contributed by atoms with Crippen molar-refractivity contribution < 1.29 is 9.59 Å². The van der Waals surface area contributed by atoms with Gasteiger partial charge in [0.1, 0.15) is 12.6 Å². The Morgan fingerprint density at radius 3 is 2.58 bits per heavy atom. The second kappa shape index (κ2) is 6.77. The molecule has 1 unspecified atom stereocenters. The minimum absolute atomic E-state index is 0.429. The van der Waals surface area contributed by atoms with Gasteiger partial charge in [-0.2, -0.15) is 0 Å². The molecule has 0 aromatic heterocycles. The molecule has 0 amide bonds. The first-order chi connectivity index (χ1) is 5.70. The van der Waals surface area contributed by atoms with Gasteiger partial charge in [-0.25, -0.2) is 0 Å². The Morgan fingerprint density at radius 1 is 1.42 bits per heavy atom. The molecule has 1 atom stereocenters. The zero-order valence-corrected chi connectivity index (χ0v) is 7.75. The van der Waals surface area contributed by atoms with Crippen molar-refractivity contribution >= 4 is 12.6 Å². The predicted molar refractivity (Wildman–Crippen MR) is 48.9 cm³/mol. The highest BCUT2D eigenvalue weighted by molar-refractivity contribution is 5.71. The maximum atomic E-state index is 10.2. The number of rotatable bonds is 6. The van der Waals surface area contributed by atoms with Crippen LogP contribution >= 0.6 is 0 Å². The molecule has 0 rings (SSSR count). The minimum atomic E-state index is 0.429. The quantitative estimate of drug-likeness (QED) is 0.450. The van der Waals surface area contributed by atoms with Crippen molar-refractivity contribution in [1.29, 1.82) is 0 Å². The molecule has 0 aliphatic rings. The minimum Gasteiger partial charge on any atom is -0.303 e. The van der Waals surface area contributed by atoms with Crippen LogP contribution in [0.5, 0.6) is 0 Å². The standard InChI is InChI=1S/C10H16O2/c1-9(6-7-11)4-3-5-10(2)8-12/h5,7-9H,3-4,6H2,1-2H3/b10-5+. The Bertz CT molecular complexity index is 171. The highest BCUT2D eigenvalue weighted by Gasteiger charge is 1.98. The van der Waals surface area contributed by atoms with Crippen LogP contribution in [0, 0.1) is 5.92 Å². The van der Waals surface area contributed by atoms with Gasteiger partial charge < -0.3 is 4.79 Å². The molecule has 68 valence electrons. The zero-order chi connectivity index (χ0) is 9.40. The van der Waals surface area contributed by atoms with Crippen LogP contribution in [0.25, 0.3) is 0 Å². The average Bonchev–Trinajstić information content (AvgIpc) is 2.04. The van der Waals surface area contributed by atoms with E-state index in [2.05, 4.69) is 0 Å². The molecule has 2 heteroatoms. The van der Waals surface area contributed by atoms with Crippen LogP contribution in [0.4, 0.5) is 0 Å². The largest absolute Gasteiger partial charge is 0.303 e. The topological polar surface area (TPSA) is 34.1 Å². The van der Waals surface area contributed by atoms with E-state index in [1.165, 1.54) is 0 Å². The highest BCUT2D eigenvalue weighted by Crippen LogP contribution is 2.09. The van der Waals surface area contributed by atoms with Gasteiger partial charge in [0.15, 0.2) is 0 Å². The Morgan fingerprint density at radius 2 is 2.08 bits per heavy atom. The maximum absolute atomic E-state index is 10.2. The molecule has 0 spiro atoms. The fourth-order valence-corrected chi connectivity index (χ4v) is 0.926. The summed E-state index contributed by atoms with van der Waals surface area (Å²) >= 11 is 0. The molecule has 2 nitrogen and oxygen atoms in total. The lowest BCUT2D eigenvalue weighted by Gasteiger charge is -2.03. The summed E-state index contributed by atoms with van der Waals surface area (Å²) in [7, 11) is 0. The number of allylic oxidation sites excluding steroid dienone is 2. The lowest BCUT2D eigenvalue weighted by atomic mass is 10.0. The molecule has 0 saturated carbocycles. The number of hydrogen-bond donors (Lipinski definition) is 0. The first-order valence-corrected chi connectivity index (χ1v) is 4.26.